The molecule has 15 heavy (non-hydrogen) atoms. The second-order valence-corrected chi connectivity index (χ2v) is 5.83. The Balaban J connectivity index is 1.98. The first-order chi connectivity index (χ1) is 7.38. The molecule has 0 heterocycles. The lowest BCUT2D eigenvalue weighted by Gasteiger charge is -2.17. The van der Waals surface area contributed by atoms with E-state index in [0.717, 1.165) is 12.0 Å². The molecule has 1 unspecified atom stereocenters. The van der Waals surface area contributed by atoms with Crippen LogP contribution >= 0.6 is 11.8 Å². The van der Waals surface area contributed by atoms with E-state index in [-0.39, 0.29) is 0 Å². The van der Waals surface area contributed by atoms with Crippen molar-refractivity contribution >= 4 is 11.8 Å². The molecule has 1 rings (SSSR count). The smallest absolute Gasteiger partial charge is 0.0186 e. The Labute approximate surface area is 99.8 Å². The fourth-order valence-corrected chi connectivity index (χ4v) is 3.07. The second-order valence-electron chi connectivity index (χ2n) is 4.68. The highest BCUT2D eigenvalue weighted by Crippen LogP contribution is 2.34. The Morgan fingerprint density at radius 3 is 2.60 bits per heavy atom. The Bertz CT molecular complexity index is 145. The molecule has 2 heteroatoms. The van der Waals surface area contributed by atoms with Crippen molar-refractivity contribution in [2.45, 2.75) is 58.4 Å². The SMILES string of the molecule is CCCCCSCC(NCCC)C1CC1. The van der Waals surface area contributed by atoms with Crippen molar-refractivity contribution in [2.75, 3.05) is 18.1 Å². The van der Waals surface area contributed by atoms with E-state index < -0.39 is 0 Å². The Kier molecular flexibility index (Phi) is 7.54. The van der Waals surface area contributed by atoms with Crippen LogP contribution in [0.3, 0.4) is 0 Å². The average Bonchev–Trinajstić information content (AvgIpc) is 3.06. The molecule has 0 amide bonds. The topological polar surface area (TPSA) is 12.0 Å². The van der Waals surface area contributed by atoms with Gasteiger partial charge in [0.2, 0.25) is 0 Å². The van der Waals surface area contributed by atoms with Gasteiger partial charge in [0.1, 0.15) is 0 Å². The van der Waals surface area contributed by atoms with Crippen LogP contribution in [-0.4, -0.2) is 24.1 Å². The molecule has 0 saturated heterocycles. The van der Waals surface area contributed by atoms with E-state index in [1.807, 2.05) is 0 Å². The lowest BCUT2D eigenvalue weighted by atomic mass is 10.2. The van der Waals surface area contributed by atoms with Crippen LogP contribution in [0.15, 0.2) is 0 Å². The van der Waals surface area contributed by atoms with E-state index >= 15 is 0 Å². The van der Waals surface area contributed by atoms with Crippen LogP contribution in [0.2, 0.25) is 0 Å². The van der Waals surface area contributed by atoms with Crippen LogP contribution < -0.4 is 5.32 Å². The third-order valence-electron chi connectivity index (χ3n) is 3.04. The molecule has 1 N–H and O–H groups in total. The number of hydrogen-bond acceptors (Lipinski definition) is 2. The Morgan fingerprint density at radius 1 is 1.20 bits per heavy atom. The molecule has 0 aromatic carbocycles. The van der Waals surface area contributed by atoms with E-state index in [1.54, 1.807) is 0 Å². The molecule has 0 aromatic heterocycles. The fourth-order valence-electron chi connectivity index (χ4n) is 1.85. The third-order valence-corrected chi connectivity index (χ3v) is 4.21. The molecular formula is C13H27NS. The molecule has 0 radical (unpaired) electrons. The summed E-state index contributed by atoms with van der Waals surface area (Å²) in [5, 5.41) is 3.70. The van der Waals surface area contributed by atoms with Crippen molar-refractivity contribution in [3.63, 3.8) is 0 Å². The van der Waals surface area contributed by atoms with Gasteiger partial charge >= 0.3 is 0 Å². The van der Waals surface area contributed by atoms with E-state index in [1.165, 1.54) is 56.6 Å². The molecule has 1 aliphatic carbocycles. The van der Waals surface area contributed by atoms with Crippen LogP contribution in [-0.2, 0) is 0 Å². The van der Waals surface area contributed by atoms with Gasteiger partial charge in [-0.25, -0.2) is 0 Å². The summed E-state index contributed by atoms with van der Waals surface area (Å²) in [4.78, 5) is 0. The number of rotatable bonds is 10. The summed E-state index contributed by atoms with van der Waals surface area (Å²) in [7, 11) is 0. The second kappa shape index (κ2) is 8.46. The maximum absolute atomic E-state index is 3.70. The van der Waals surface area contributed by atoms with Gasteiger partial charge < -0.3 is 5.32 Å². The van der Waals surface area contributed by atoms with E-state index in [4.69, 9.17) is 0 Å². The standard InChI is InChI=1S/C13H27NS/c1-3-5-6-10-15-11-13(12-7-8-12)14-9-4-2/h12-14H,3-11H2,1-2H3. The first-order valence-electron chi connectivity index (χ1n) is 6.69. The number of unbranched alkanes of at least 4 members (excludes halogenated alkanes) is 2. The lowest BCUT2D eigenvalue weighted by Crippen LogP contribution is -2.34. The van der Waals surface area contributed by atoms with Gasteiger partial charge in [0.15, 0.2) is 0 Å². The minimum Gasteiger partial charge on any atom is -0.313 e. The summed E-state index contributed by atoms with van der Waals surface area (Å²) in [5.41, 5.74) is 0. The summed E-state index contributed by atoms with van der Waals surface area (Å²) in [6, 6.07) is 0.816. The zero-order chi connectivity index (χ0) is 10.9. The van der Waals surface area contributed by atoms with Gasteiger partial charge in [0.05, 0.1) is 0 Å². The van der Waals surface area contributed by atoms with Gasteiger partial charge in [-0.15, -0.1) is 0 Å². The third kappa shape index (κ3) is 6.47. The van der Waals surface area contributed by atoms with Crippen molar-refractivity contribution in [3.05, 3.63) is 0 Å². The number of thioether (sulfide) groups is 1. The first-order valence-corrected chi connectivity index (χ1v) is 7.85. The van der Waals surface area contributed by atoms with Crippen molar-refractivity contribution in [2.24, 2.45) is 5.92 Å². The Hall–Kier alpha value is 0.310. The summed E-state index contributed by atoms with van der Waals surface area (Å²) in [5.74, 6) is 3.72. The van der Waals surface area contributed by atoms with Gasteiger partial charge in [-0.05, 0) is 43.9 Å². The normalized spacial score (nSPS) is 18.0. The molecule has 90 valence electrons. The predicted molar refractivity (Wildman–Crippen MR) is 71.7 cm³/mol. The maximum atomic E-state index is 3.70. The van der Waals surface area contributed by atoms with Gasteiger partial charge in [-0.2, -0.15) is 11.8 Å². The zero-order valence-corrected chi connectivity index (χ0v) is 11.2. The average molecular weight is 229 g/mol. The minimum atomic E-state index is 0.816. The number of hydrogen-bond donors (Lipinski definition) is 1. The Morgan fingerprint density at radius 2 is 2.00 bits per heavy atom. The monoisotopic (exact) mass is 229 g/mol. The fraction of sp³-hybridized carbons (Fsp3) is 1.00. The summed E-state index contributed by atoms with van der Waals surface area (Å²) in [6.07, 6.45) is 8.37. The summed E-state index contributed by atoms with van der Waals surface area (Å²) in [6.45, 7) is 5.74. The van der Waals surface area contributed by atoms with Gasteiger partial charge in [-0.3, -0.25) is 0 Å². The van der Waals surface area contributed by atoms with E-state index in [9.17, 15) is 0 Å². The molecule has 1 fully saturated rings. The molecule has 1 atom stereocenters. The van der Waals surface area contributed by atoms with E-state index in [2.05, 4.69) is 30.9 Å². The summed E-state index contributed by atoms with van der Waals surface area (Å²) < 4.78 is 0. The van der Waals surface area contributed by atoms with Crippen LogP contribution in [0.5, 0.6) is 0 Å². The van der Waals surface area contributed by atoms with E-state index in [0.29, 0.717) is 0 Å². The molecule has 0 aromatic rings. The molecule has 1 saturated carbocycles. The molecule has 1 aliphatic rings. The summed E-state index contributed by atoms with van der Waals surface area (Å²) >= 11 is 2.16. The van der Waals surface area contributed by atoms with Crippen molar-refractivity contribution in [1.29, 1.82) is 0 Å². The quantitative estimate of drug-likeness (QED) is 0.573. The molecule has 0 spiro atoms. The van der Waals surface area contributed by atoms with Crippen LogP contribution in [0.1, 0.15) is 52.4 Å². The first kappa shape index (κ1) is 13.4. The molecule has 0 bridgehead atoms. The highest BCUT2D eigenvalue weighted by molar-refractivity contribution is 7.99. The highest BCUT2D eigenvalue weighted by Gasteiger charge is 2.30. The lowest BCUT2D eigenvalue weighted by molar-refractivity contribution is 0.503. The van der Waals surface area contributed by atoms with Crippen LogP contribution in [0.4, 0.5) is 0 Å². The molecule has 1 nitrogen and oxygen atoms in total. The van der Waals surface area contributed by atoms with Gasteiger partial charge in [-0.1, -0.05) is 26.7 Å². The largest absolute Gasteiger partial charge is 0.313 e. The maximum Gasteiger partial charge on any atom is 0.0186 e. The van der Waals surface area contributed by atoms with Crippen molar-refractivity contribution < 1.29 is 0 Å². The zero-order valence-electron chi connectivity index (χ0n) is 10.4. The minimum absolute atomic E-state index is 0.816. The number of nitrogens with one attached hydrogen (secondary N) is 1. The van der Waals surface area contributed by atoms with Crippen LogP contribution in [0.25, 0.3) is 0 Å². The predicted octanol–water partition coefficient (Wildman–Crippen LogP) is 3.69. The van der Waals surface area contributed by atoms with Crippen LogP contribution in [0, 0.1) is 5.92 Å². The molecular weight excluding hydrogens is 202 g/mol. The van der Waals surface area contributed by atoms with Gasteiger partial charge in [0.25, 0.3) is 0 Å². The van der Waals surface area contributed by atoms with Gasteiger partial charge in [0, 0.05) is 11.8 Å². The van der Waals surface area contributed by atoms with Crippen molar-refractivity contribution in [3.8, 4) is 0 Å². The molecule has 0 aliphatic heterocycles. The van der Waals surface area contributed by atoms with Crippen molar-refractivity contribution in [1.82, 2.24) is 5.32 Å². The highest BCUT2D eigenvalue weighted by atomic mass is 32.2.